The number of carbonyl (C=O) groups excluding carboxylic acids is 1. The first-order valence-corrected chi connectivity index (χ1v) is 8.13. The fourth-order valence-electron chi connectivity index (χ4n) is 3.38. The first-order valence-electron chi connectivity index (χ1n) is 8.13. The van der Waals surface area contributed by atoms with E-state index in [0.717, 1.165) is 22.3 Å². The molecule has 2 atom stereocenters. The van der Waals surface area contributed by atoms with Crippen LogP contribution in [0.1, 0.15) is 30.4 Å². The number of rotatable bonds is 5. The molecule has 0 saturated carbocycles. The van der Waals surface area contributed by atoms with Crippen molar-refractivity contribution in [3.63, 3.8) is 0 Å². The smallest absolute Gasteiger partial charge is 0.326 e. The number of carboxylic acids is 1. The summed E-state index contributed by atoms with van der Waals surface area (Å²) in [5.41, 5.74) is 3.74. The molecule has 0 saturated heterocycles. The third-order valence-corrected chi connectivity index (χ3v) is 4.64. The fraction of sp³-hybridized carbons (Fsp3) is 0.250. The minimum atomic E-state index is -1.13. The summed E-state index contributed by atoms with van der Waals surface area (Å²) in [7, 11) is 0. The first kappa shape index (κ1) is 16.7. The van der Waals surface area contributed by atoms with E-state index in [0.29, 0.717) is 0 Å². The molecule has 2 aromatic rings. The molecule has 0 aromatic heterocycles. The number of amides is 1. The van der Waals surface area contributed by atoms with Gasteiger partial charge in [-0.25, -0.2) is 4.79 Å². The molecule has 0 aliphatic heterocycles. The van der Waals surface area contributed by atoms with Crippen LogP contribution in [0, 0.1) is 17.2 Å². The molecule has 1 aliphatic carbocycles. The highest BCUT2D eigenvalue weighted by Gasteiger charge is 2.36. The number of hydrogen-bond donors (Lipinski definition) is 2. The van der Waals surface area contributed by atoms with E-state index in [1.54, 1.807) is 6.92 Å². The van der Waals surface area contributed by atoms with Crippen molar-refractivity contribution in [2.75, 3.05) is 0 Å². The van der Waals surface area contributed by atoms with Gasteiger partial charge in [-0.2, -0.15) is 5.26 Å². The first-order chi connectivity index (χ1) is 12.0. The zero-order valence-electron chi connectivity index (χ0n) is 13.8. The molecular formula is C20H18N2O3. The summed E-state index contributed by atoms with van der Waals surface area (Å²) < 4.78 is 0. The van der Waals surface area contributed by atoms with Gasteiger partial charge in [-0.3, -0.25) is 4.79 Å². The Bertz CT molecular complexity index is 824. The van der Waals surface area contributed by atoms with Crippen molar-refractivity contribution in [1.29, 1.82) is 5.26 Å². The topological polar surface area (TPSA) is 90.2 Å². The van der Waals surface area contributed by atoms with E-state index in [-0.39, 0.29) is 12.3 Å². The number of carbonyl (C=O) groups is 2. The van der Waals surface area contributed by atoms with Crippen molar-refractivity contribution in [3.8, 4) is 17.2 Å². The lowest BCUT2D eigenvalue weighted by molar-refractivity contribution is -0.143. The number of fused-ring (bicyclic) bond motifs is 3. The number of carboxylic acid groups (broad SMARTS) is 1. The van der Waals surface area contributed by atoms with Gasteiger partial charge in [-0.15, -0.1) is 0 Å². The van der Waals surface area contributed by atoms with Crippen LogP contribution in [0.5, 0.6) is 0 Å². The second-order valence-electron chi connectivity index (χ2n) is 6.27. The minimum Gasteiger partial charge on any atom is -0.480 e. The van der Waals surface area contributed by atoms with E-state index in [1.807, 2.05) is 54.6 Å². The molecule has 2 aromatic carbocycles. The van der Waals surface area contributed by atoms with Gasteiger partial charge in [0.05, 0.1) is 12.0 Å². The molecule has 0 heterocycles. The molecule has 1 amide bonds. The number of benzene rings is 2. The normalized spacial score (nSPS) is 14.7. The molecule has 126 valence electrons. The van der Waals surface area contributed by atoms with Crippen LogP contribution in [0.3, 0.4) is 0 Å². The predicted molar refractivity (Wildman–Crippen MR) is 92.7 cm³/mol. The Morgan fingerprint density at radius 2 is 1.64 bits per heavy atom. The Morgan fingerprint density at radius 3 is 2.12 bits per heavy atom. The second-order valence-corrected chi connectivity index (χ2v) is 6.27. The Balaban J connectivity index is 1.95. The lowest BCUT2D eigenvalue weighted by Gasteiger charge is -2.22. The highest BCUT2D eigenvalue weighted by molar-refractivity contribution is 5.97. The average molecular weight is 334 g/mol. The van der Waals surface area contributed by atoms with Gasteiger partial charge in [-0.05, 0) is 22.3 Å². The number of aliphatic carboxylic acids is 1. The molecule has 5 nitrogen and oxygen atoms in total. The van der Waals surface area contributed by atoms with Gasteiger partial charge in [0, 0.05) is 12.3 Å². The summed E-state index contributed by atoms with van der Waals surface area (Å²) in [6.07, 6.45) is 0.0646. The van der Waals surface area contributed by atoms with E-state index in [9.17, 15) is 14.7 Å². The van der Waals surface area contributed by atoms with Gasteiger partial charge in [-0.1, -0.05) is 55.5 Å². The molecule has 0 unspecified atom stereocenters. The summed E-state index contributed by atoms with van der Waals surface area (Å²) in [5.74, 6) is -2.49. The molecule has 0 fully saturated rings. The minimum absolute atomic E-state index is 0.0646. The van der Waals surface area contributed by atoms with Crippen LogP contribution < -0.4 is 5.32 Å². The zero-order valence-corrected chi connectivity index (χ0v) is 13.8. The quantitative estimate of drug-likeness (QED) is 0.879. The van der Waals surface area contributed by atoms with E-state index < -0.39 is 23.8 Å². The Morgan fingerprint density at radius 1 is 1.12 bits per heavy atom. The number of hydrogen-bond acceptors (Lipinski definition) is 3. The zero-order chi connectivity index (χ0) is 18.0. The predicted octanol–water partition coefficient (Wildman–Crippen LogP) is 2.92. The van der Waals surface area contributed by atoms with Crippen molar-refractivity contribution in [2.24, 2.45) is 5.92 Å². The van der Waals surface area contributed by atoms with Crippen LogP contribution in [0.4, 0.5) is 0 Å². The largest absolute Gasteiger partial charge is 0.480 e. The van der Waals surface area contributed by atoms with Crippen molar-refractivity contribution in [3.05, 3.63) is 59.7 Å². The van der Waals surface area contributed by atoms with Crippen LogP contribution in [-0.4, -0.2) is 23.0 Å². The van der Waals surface area contributed by atoms with Crippen molar-refractivity contribution in [2.45, 2.75) is 25.3 Å². The molecular weight excluding hydrogens is 316 g/mol. The summed E-state index contributed by atoms with van der Waals surface area (Å²) in [6, 6.07) is 16.2. The molecule has 1 aliphatic rings. The Kier molecular flexibility index (Phi) is 4.53. The molecule has 0 radical (unpaired) electrons. The van der Waals surface area contributed by atoms with Gasteiger partial charge in [0.15, 0.2) is 0 Å². The molecule has 5 heteroatoms. The van der Waals surface area contributed by atoms with Gasteiger partial charge in [0.2, 0.25) is 5.91 Å². The maximum absolute atomic E-state index is 12.9. The van der Waals surface area contributed by atoms with E-state index in [2.05, 4.69) is 5.32 Å². The van der Waals surface area contributed by atoms with E-state index >= 15 is 0 Å². The van der Waals surface area contributed by atoms with E-state index in [4.69, 9.17) is 5.26 Å². The van der Waals surface area contributed by atoms with Crippen molar-refractivity contribution < 1.29 is 14.7 Å². The summed E-state index contributed by atoms with van der Waals surface area (Å²) in [6.45, 7) is 1.65. The van der Waals surface area contributed by atoms with E-state index in [1.165, 1.54) is 0 Å². The van der Waals surface area contributed by atoms with Crippen LogP contribution >= 0.6 is 0 Å². The SMILES string of the molecule is C[C@H](CC#N)[C@@H](NC(=O)C1c2ccccc2-c2ccccc21)C(=O)O. The third kappa shape index (κ3) is 2.99. The molecule has 3 rings (SSSR count). The van der Waals surface area contributed by atoms with Crippen LogP contribution in [-0.2, 0) is 9.59 Å². The molecule has 2 N–H and O–H groups in total. The third-order valence-electron chi connectivity index (χ3n) is 4.64. The Labute approximate surface area is 145 Å². The number of nitrogens with one attached hydrogen (secondary N) is 1. The average Bonchev–Trinajstić information content (AvgIpc) is 2.94. The lowest BCUT2D eigenvalue weighted by Crippen LogP contribution is -2.46. The standard InChI is InChI=1S/C20H18N2O3/c1-12(10-11-21)18(20(24)25)22-19(23)17-15-8-4-2-6-13(15)14-7-3-5-9-16(14)17/h2-9,12,17-18H,10H2,1H3,(H,22,23)(H,24,25)/t12-,18-/m1/s1. The monoisotopic (exact) mass is 334 g/mol. The summed E-state index contributed by atoms with van der Waals surface area (Å²) >= 11 is 0. The number of nitriles is 1. The highest BCUT2D eigenvalue weighted by Crippen LogP contribution is 2.44. The fourth-order valence-corrected chi connectivity index (χ4v) is 3.38. The van der Waals surface area contributed by atoms with Gasteiger partial charge >= 0.3 is 5.97 Å². The lowest BCUT2D eigenvalue weighted by atomic mass is 9.93. The summed E-state index contributed by atoms with van der Waals surface area (Å²) in [4.78, 5) is 24.5. The maximum Gasteiger partial charge on any atom is 0.326 e. The highest BCUT2D eigenvalue weighted by atomic mass is 16.4. The maximum atomic E-state index is 12.9. The second kappa shape index (κ2) is 6.78. The van der Waals surface area contributed by atoms with Crippen molar-refractivity contribution >= 4 is 11.9 Å². The van der Waals surface area contributed by atoms with Gasteiger partial charge in [0.25, 0.3) is 0 Å². The van der Waals surface area contributed by atoms with Crippen LogP contribution in [0.2, 0.25) is 0 Å². The number of nitrogens with zero attached hydrogens (tertiary/aromatic N) is 1. The van der Waals surface area contributed by atoms with Gasteiger partial charge in [0.1, 0.15) is 6.04 Å². The van der Waals surface area contributed by atoms with Crippen molar-refractivity contribution in [1.82, 2.24) is 5.32 Å². The molecule has 0 spiro atoms. The molecule has 0 bridgehead atoms. The Hall–Kier alpha value is -3.13. The van der Waals surface area contributed by atoms with Crippen LogP contribution in [0.25, 0.3) is 11.1 Å². The van der Waals surface area contributed by atoms with Crippen LogP contribution in [0.15, 0.2) is 48.5 Å². The van der Waals surface area contributed by atoms with Gasteiger partial charge < -0.3 is 10.4 Å². The summed E-state index contributed by atoms with van der Waals surface area (Å²) in [5, 5.41) is 20.9. The molecule has 25 heavy (non-hydrogen) atoms.